The highest BCUT2D eigenvalue weighted by Gasteiger charge is 2.28. The third kappa shape index (κ3) is 5.69. The molecule has 11 heteroatoms. The molecule has 184 valence electrons. The normalized spacial score (nSPS) is 14.9. The Hall–Kier alpha value is -3.28. The van der Waals surface area contributed by atoms with E-state index < -0.39 is 26.0 Å². The van der Waals surface area contributed by atoms with Crippen molar-refractivity contribution in [2.75, 3.05) is 23.1 Å². The Labute approximate surface area is 205 Å². The van der Waals surface area contributed by atoms with Crippen molar-refractivity contribution in [1.29, 1.82) is 0 Å². The minimum absolute atomic E-state index is 0.00593. The van der Waals surface area contributed by atoms with Gasteiger partial charge in [0.15, 0.2) is 0 Å². The van der Waals surface area contributed by atoms with Crippen LogP contribution in [0.1, 0.15) is 35.2 Å². The predicted octanol–water partition coefficient (Wildman–Crippen LogP) is 3.62. The van der Waals surface area contributed by atoms with E-state index >= 15 is 0 Å². The highest BCUT2D eigenvalue weighted by molar-refractivity contribution is 7.92. The Bertz CT molecular complexity index is 1420. The molecule has 0 bridgehead atoms. The van der Waals surface area contributed by atoms with Gasteiger partial charge < -0.3 is 5.32 Å². The number of aryl methyl sites for hydroxylation is 1. The van der Waals surface area contributed by atoms with Crippen LogP contribution in [0.4, 0.5) is 11.5 Å². The first-order valence-electron chi connectivity index (χ1n) is 11.1. The molecule has 9 nitrogen and oxygen atoms in total. The largest absolute Gasteiger partial charge is 0.322 e. The van der Waals surface area contributed by atoms with E-state index in [-0.39, 0.29) is 21.2 Å². The number of carbonyl (C=O) groups is 1. The van der Waals surface area contributed by atoms with Crippen LogP contribution >= 0.6 is 0 Å². The number of aromatic nitrogens is 1. The Morgan fingerprint density at radius 2 is 1.63 bits per heavy atom. The van der Waals surface area contributed by atoms with Gasteiger partial charge in [0.25, 0.3) is 15.9 Å². The lowest BCUT2D eigenvalue weighted by Crippen LogP contribution is -2.36. The van der Waals surface area contributed by atoms with Gasteiger partial charge in [0.2, 0.25) is 10.0 Å². The van der Waals surface area contributed by atoms with E-state index in [1.807, 2.05) is 0 Å². The number of hydrogen-bond acceptors (Lipinski definition) is 6. The minimum Gasteiger partial charge on any atom is -0.322 e. The summed E-state index contributed by atoms with van der Waals surface area (Å²) in [5.41, 5.74) is 1.13. The fourth-order valence-electron chi connectivity index (χ4n) is 3.80. The first-order valence-corrected chi connectivity index (χ1v) is 14.1. The van der Waals surface area contributed by atoms with Crippen LogP contribution in [0.25, 0.3) is 0 Å². The van der Waals surface area contributed by atoms with E-state index in [0.717, 1.165) is 19.3 Å². The van der Waals surface area contributed by atoms with Gasteiger partial charge in [-0.15, -0.1) is 0 Å². The van der Waals surface area contributed by atoms with Crippen LogP contribution in [0.15, 0.2) is 76.7 Å². The monoisotopic (exact) mass is 514 g/mol. The van der Waals surface area contributed by atoms with Gasteiger partial charge in [-0.2, -0.15) is 4.31 Å². The molecule has 1 saturated heterocycles. The quantitative estimate of drug-likeness (QED) is 0.496. The van der Waals surface area contributed by atoms with E-state index in [2.05, 4.69) is 15.0 Å². The molecule has 1 aliphatic rings. The zero-order valence-electron chi connectivity index (χ0n) is 19.1. The van der Waals surface area contributed by atoms with Crippen LogP contribution in [0, 0.1) is 6.92 Å². The van der Waals surface area contributed by atoms with Crippen LogP contribution in [-0.4, -0.2) is 45.1 Å². The van der Waals surface area contributed by atoms with Gasteiger partial charge in [-0.25, -0.2) is 21.8 Å². The maximum absolute atomic E-state index is 13.1. The number of hydrogen-bond donors (Lipinski definition) is 2. The summed E-state index contributed by atoms with van der Waals surface area (Å²) in [6.45, 7) is 2.65. The average Bonchev–Trinajstić information content (AvgIpc) is 2.85. The maximum atomic E-state index is 13.1. The van der Waals surface area contributed by atoms with Gasteiger partial charge in [0.1, 0.15) is 5.82 Å². The SMILES string of the molecule is Cc1ccc(C(=O)Nc2ccc(S(=O)(=O)Nc3ccccn3)cc2)cc1S(=O)(=O)N1CCCCC1. The van der Waals surface area contributed by atoms with E-state index in [0.29, 0.717) is 24.3 Å². The topological polar surface area (TPSA) is 126 Å². The molecule has 2 N–H and O–H groups in total. The van der Waals surface area contributed by atoms with Gasteiger partial charge in [0, 0.05) is 30.5 Å². The van der Waals surface area contributed by atoms with Crippen LogP contribution in [0.5, 0.6) is 0 Å². The lowest BCUT2D eigenvalue weighted by molar-refractivity contribution is 0.102. The van der Waals surface area contributed by atoms with Gasteiger partial charge in [0.05, 0.1) is 9.79 Å². The first kappa shape index (κ1) is 24.8. The molecule has 0 aliphatic carbocycles. The molecule has 1 fully saturated rings. The maximum Gasteiger partial charge on any atom is 0.263 e. The number of piperidine rings is 1. The fraction of sp³-hybridized carbons (Fsp3) is 0.250. The molecule has 0 atom stereocenters. The highest BCUT2D eigenvalue weighted by atomic mass is 32.2. The molecule has 0 spiro atoms. The van der Waals surface area contributed by atoms with Gasteiger partial charge >= 0.3 is 0 Å². The summed E-state index contributed by atoms with van der Waals surface area (Å²) in [4.78, 5) is 16.9. The smallest absolute Gasteiger partial charge is 0.263 e. The van der Waals surface area contributed by atoms with E-state index in [9.17, 15) is 21.6 Å². The van der Waals surface area contributed by atoms with Gasteiger partial charge in [-0.05, 0) is 73.9 Å². The van der Waals surface area contributed by atoms with Crippen molar-refractivity contribution < 1.29 is 21.6 Å². The van der Waals surface area contributed by atoms with Crippen LogP contribution in [0.3, 0.4) is 0 Å². The zero-order chi connectivity index (χ0) is 25.1. The Morgan fingerprint density at radius 3 is 2.29 bits per heavy atom. The van der Waals surface area contributed by atoms with E-state index in [4.69, 9.17) is 0 Å². The van der Waals surface area contributed by atoms with Crippen molar-refractivity contribution in [3.05, 3.63) is 78.0 Å². The number of amides is 1. The average molecular weight is 515 g/mol. The number of nitrogens with one attached hydrogen (secondary N) is 2. The van der Waals surface area contributed by atoms with Crippen molar-refractivity contribution in [1.82, 2.24) is 9.29 Å². The molecule has 2 aromatic carbocycles. The van der Waals surface area contributed by atoms with Crippen LogP contribution in [0.2, 0.25) is 0 Å². The fourth-order valence-corrected chi connectivity index (χ4v) is 6.58. The second kappa shape index (κ2) is 10.1. The molecule has 2 heterocycles. The number of nitrogens with zero attached hydrogens (tertiary/aromatic N) is 2. The summed E-state index contributed by atoms with van der Waals surface area (Å²) in [5.74, 6) is -0.304. The summed E-state index contributed by atoms with van der Waals surface area (Å²) in [6, 6.07) is 15.1. The number of sulfonamides is 2. The molecule has 1 aliphatic heterocycles. The molecular formula is C24H26N4O5S2. The summed E-state index contributed by atoms with van der Waals surface area (Å²) in [6.07, 6.45) is 4.13. The summed E-state index contributed by atoms with van der Waals surface area (Å²) < 4.78 is 55.2. The lowest BCUT2D eigenvalue weighted by atomic mass is 10.1. The molecule has 35 heavy (non-hydrogen) atoms. The number of rotatable bonds is 7. The standard InChI is InChI=1S/C24H26N4O5S2/c1-18-8-9-19(17-22(18)35(32,33)28-15-5-2-6-16-28)24(29)26-20-10-12-21(13-11-20)34(30,31)27-23-7-3-4-14-25-23/h3-4,7-14,17H,2,5-6,15-16H2,1H3,(H,25,27)(H,26,29). The molecule has 0 unspecified atom stereocenters. The summed E-state index contributed by atoms with van der Waals surface area (Å²) in [7, 11) is -7.54. The number of pyridine rings is 1. The van der Waals surface area contributed by atoms with Crippen molar-refractivity contribution >= 4 is 37.5 Å². The van der Waals surface area contributed by atoms with Crippen molar-refractivity contribution in [3.63, 3.8) is 0 Å². The Morgan fingerprint density at radius 1 is 0.914 bits per heavy atom. The van der Waals surface area contributed by atoms with Crippen molar-refractivity contribution in [2.45, 2.75) is 36.0 Å². The van der Waals surface area contributed by atoms with E-state index in [1.165, 1.54) is 46.9 Å². The molecule has 1 amide bonds. The predicted molar refractivity (Wildman–Crippen MR) is 133 cm³/mol. The van der Waals surface area contributed by atoms with Crippen LogP contribution in [-0.2, 0) is 20.0 Å². The summed E-state index contributed by atoms with van der Waals surface area (Å²) in [5, 5.41) is 2.69. The minimum atomic E-state index is -3.84. The molecule has 0 saturated carbocycles. The van der Waals surface area contributed by atoms with Gasteiger partial charge in [-0.3, -0.25) is 9.52 Å². The highest BCUT2D eigenvalue weighted by Crippen LogP contribution is 2.25. The molecular weight excluding hydrogens is 488 g/mol. The van der Waals surface area contributed by atoms with Crippen molar-refractivity contribution in [2.24, 2.45) is 0 Å². The zero-order valence-corrected chi connectivity index (χ0v) is 20.8. The molecule has 0 radical (unpaired) electrons. The lowest BCUT2D eigenvalue weighted by Gasteiger charge is -2.26. The Balaban J connectivity index is 1.50. The summed E-state index contributed by atoms with van der Waals surface area (Å²) >= 11 is 0. The molecule has 1 aromatic heterocycles. The number of anilines is 2. The second-order valence-corrected chi connectivity index (χ2v) is 11.8. The Kier molecular flexibility index (Phi) is 7.20. The van der Waals surface area contributed by atoms with Crippen molar-refractivity contribution in [3.8, 4) is 0 Å². The van der Waals surface area contributed by atoms with Crippen LogP contribution < -0.4 is 10.0 Å². The first-order chi connectivity index (χ1) is 16.7. The van der Waals surface area contributed by atoms with E-state index in [1.54, 1.807) is 31.2 Å². The van der Waals surface area contributed by atoms with Gasteiger partial charge in [-0.1, -0.05) is 18.6 Å². The number of benzene rings is 2. The third-order valence-corrected chi connectivity index (χ3v) is 9.12. The third-order valence-electron chi connectivity index (χ3n) is 5.71. The number of carbonyl (C=O) groups excluding carboxylic acids is 1. The second-order valence-electron chi connectivity index (χ2n) is 8.24. The molecule has 4 rings (SSSR count). The molecule has 3 aromatic rings.